The van der Waals surface area contributed by atoms with Crippen LogP contribution in [-0.4, -0.2) is 31.6 Å². The van der Waals surface area contributed by atoms with Gasteiger partial charge in [-0.15, -0.1) is 11.8 Å². The van der Waals surface area contributed by atoms with Gasteiger partial charge in [0, 0.05) is 16.7 Å². The maximum atomic E-state index is 5.63. The lowest BCUT2D eigenvalue weighted by molar-refractivity contribution is 0.0668. The molecule has 0 fully saturated rings. The molecule has 0 saturated carbocycles. The lowest BCUT2D eigenvalue weighted by atomic mass is 10.2. The first kappa shape index (κ1) is 14.6. The van der Waals surface area contributed by atoms with Crippen LogP contribution in [0.2, 0.25) is 0 Å². The van der Waals surface area contributed by atoms with E-state index in [2.05, 4.69) is 50.4 Å². The number of ether oxygens (including phenoxy) is 1. The fourth-order valence-electron chi connectivity index (χ4n) is 1.43. The van der Waals surface area contributed by atoms with Gasteiger partial charge in [-0.25, -0.2) is 0 Å². The summed E-state index contributed by atoms with van der Waals surface area (Å²) in [5.41, 5.74) is 1.31. The van der Waals surface area contributed by atoms with E-state index in [0.717, 1.165) is 12.4 Å². The van der Waals surface area contributed by atoms with Crippen LogP contribution in [0.5, 0.6) is 0 Å². The Hall–Kier alpha value is -0.510. The molecule has 0 aliphatic carbocycles. The van der Waals surface area contributed by atoms with Crippen molar-refractivity contribution < 1.29 is 4.74 Å². The van der Waals surface area contributed by atoms with Crippen LogP contribution in [-0.2, 0) is 4.74 Å². The Morgan fingerprint density at radius 3 is 2.71 bits per heavy atom. The molecule has 2 nitrogen and oxygen atoms in total. The molecule has 96 valence electrons. The summed E-state index contributed by atoms with van der Waals surface area (Å²) in [6.45, 7) is 7.04. The van der Waals surface area contributed by atoms with Gasteiger partial charge in [-0.2, -0.15) is 0 Å². The molecule has 0 aromatic heterocycles. The van der Waals surface area contributed by atoms with Crippen LogP contribution in [0.15, 0.2) is 29.2 Å². The van der Waals surface area contributed by atoms with Crippen molar-refractivity contribution in [3.63, 3.8) is 0 Å². The fraction of sp³-hybridized carbons (Fsp3) is 0.571. The Kier molecular flexibility index (Phi) is 6.63. The predicted octanol–water partition coefficient (Wildman–Crippen LogP) is 3.10. The molecular formula is C14H23NOS. The first-order valence-corrected chi connectivity index (χ1v) is 7.08. The molecule has 0 saturated heterocycles. The highest BCUT2D eigenvalue weighted by molar-refractivity contribution is 7.99. The fourth-order valence-corrected chi connectivity index (χ4v) is 2.53. The molecule has 0 amide bonds. The van der Waals surface area contributed by atoms with Gasteiger partial charge in [-0.3, -0.25) is 0 Å². The van der Waals surface area contributed by atoms with Gasteiger partial charge in [0.05, 0.1) is 12.7 Å². The van der Waals surface area contributed by atoms with Crippen molar-refractivity contribution in [3.05, 3.63) is 29.8 Å². The molecule has 1 rings (SSSR count). The van der Waals surface area contributed by atoms with Gasteiger partial charge in [0.2, 0.25) is 0 Å². The highest BCUT2D eigenvalue weighted by Gasteiger charge is 2.08. The number of hydrogen-bond acceptors (Lipinski definition) is 3. The van der Waals surface area contributed by atoms with Crippen LogP contribution >= 0.6 is 11.8 Å². The second-order valence-corrected chi connectivity index (χ2v) is 5.59. The number of aryl methyl sites for hydroxylation is 1. The van der Waals surface area contributed by atoms with Crippen molar-refractivity contribution in [3.8, 4) is 0 Å². The van der Waals surface area contributed by atoms with Crippen LogP contribution in [0.4, 0.5) is 0 Å². The normalized spacial score (nSPS) is 13.0. The molecule has 17 heavy (non-hydrogen) atoms. The summed E-state index contributed by atoms with van der Waals surface area (Å²) in [4.78, 5) is 1.33. The van der Waals surface area contributed by atoms with E-state index in [1.54, 1.807) is 0 Å². The van der Waals surface area contributed by atoms with Crippen molar-refractivity contribution in [2.24, 2.45) is 0 Å². The maximum absolute atomic E-state index is 5.63. The molecule has 1 unspecified atom stereocenters. The first-order chi connectivity index (χ1) is 8.11. The lowest BCUT2D eigenvalue weighted by Gasteiger charge is -2.17. The average Bonchev–Trinajstić information content (AvgIpc) is 2.29. The summed E-state index contributed by atoms with van der Waals surface area (Å²) in [6, 6.07) is 9.02. The van der Waals surface area contributed by atoms with E-state index in [-0.39, 0.29) is 0 Å². The molecule has 3 heteroatoms. The minimum atomic E-state index is 0.301. The lowest BCUT2D eigenvalue weighted by Crippen LogP contribution is -2.33. The number of likely N-dealkylation sites (N-methyl/N-ethyl adjacent to an activating group) is 1. The molecule has 0 aliphatic rings. The van der Waals surface area contributed by atoms with Gasteiger partial charge in [0.15, 0.2) is 0 Å². The summed E-state index contributed by atoms with van der Waals surface area (Å²) >= 11 is 1.88. The van der Waals surface area contributed by atoms with E-state index in [9.17, 15) is 0 Å². The summed E-state index contributed by atoms with van der Waals surface area (Å²) in [5.74, 6) is 1.03. The predicted molar refractivity (Wildman–Crippen MR) is 75.8 cm³/mol. The van der Waals surface area contributed by atoms with E-state index in [1.807, 2.05) is 18.8 Å². The standard InChI is InChI=1S/C14H23NOS/c1-11(2)16-9-13(15-4)10-17-14-7-5-6-12(3)8-14/h5-8,11,13,15H,9-10H2,1-4H3. The van der Waals surface area contributed by atoms with Crippen LogP contribution in [0.25, 0.3) is 0 Å². The highest BCUT2D eigenvalue weighted by atomic mass is 32.2. The number of thioether (sulfide) groups is 1. The second kappa shape index (κ2) is 7.75. The van der Waals surface area contributed by atoms with Crippen LogP contribution < -0.4 is 5.32 Å². The molecule has 0 radical (unpaired) electrons. The quantitative estimate of drug-likeness (QED) is 0.755. The summed E-state index contributed by atoms with van der Waals surface area (Å²) in [7, 11) is 1.99. The third kappa shape index (κ3) is 6.10. The molecule has 1 N–H and O–H groups in total. The number of hydrogen-bond donors (Lipinski definition) is 1. The van der Waals surface area contributed by atoms with Gasteiger partial charge in [-0.1, -0.05) is 17.7 Å². The topological polar surface area (TPSA) is 21.3 Å². The highest BCUT2D eigenvalue weighted by Crippen LogP contribution is 2.19. The van der Waals surface area contributed by atoms with Crippen molar-refractivity contribution in [2.45, 2.75) is 37.8 Å². The van der Waals surface area contributed by atoms with Crippen molar-refractivity contribution in [1.82, 2.24) is 5.32 Å². The zero-order valence-corrected chi connectivity index (χ0v) is 12.0. The van der Waals surface area contributed by atoms with E-state index < -0.39 is 0 Å². The van der Waals surface area contributed by atoms with Crippen LogP contribution in [0.3, 0.4) is 0 Å². The Labute approximate surface area is 109 Å². The molecule has 1 atom stereocenters. The van der Waals surface area contributed by atoms with E-state index in [4.69, 9.17) is 4.74 Å². The van der Waals surface area contributed by atoms with Crippen LogP contribution in [0, 0.1) is 6.92 Å². The SMILES string of the molecule is CNC(COC(C)C)CSc1cccc(C)c1. The van der Waals surface area contributed by atoms with Gasteiger partial charge in [0.1, 0.15) is 0 Å². The van der Waals surface area contributed by atoms with E-state index >= 15 is 0 Å². The van der Waals surface area contributed by atoms with Crippen molar-refractivity contribution in [2.75, 3.05) is 19.4 Å². The zero-order chi connectivity index (χ0) is 12.7. The first-order valence-electron chi connectivity index (χ1n) is 6.10. The molecule has 1 aromatic rings. The van der Waals surface area contributed by atoms with Gasteiger partial charge >= 0.3 is 0 Å². The Balaban J connectivity index is 2.37. The van der Waals surface area contributed by atoms with Crippen molar-refractivity contribution >= 4 is 11.8 Å². The van der Waals surface area contributed by atoms with Crippen LogP contribution in [0.1, 0.15) is 19.4 Å². The second-order valence-electron chi connectivity index (χ2n) is 4.50. The number of benzene rings is 1. The minimum absolute atomic E-state index is 0.301. The summed E-state index contributed by atoms with van der Waals surface area (Å²) in [6.07, 6.45) is 0.301. The number of nitrogens with one attached hydrogen (secondary N) is 1. The number of rotatable bonds is 7. The molecule has 0 heterocycles. The largest absolute Gasteiger partial charge is 0.377 e. The third-order valence-corrected chi connectivity index (χ3v) is 3.64. The zero-order valence-electron chi connectivity index (χ0n) is 11.2. The van der Waals surface area contributed by atoms with E-state index in [1.165, 1.54) is 10.5 Å². The molecule has 1 aromatic carbocycles. The maximum Gasteiger partial charge on any atom is 0.0631 e. The average molecular weight is 253 g/mol. The molecule has 0 aliphatic heterocycles. The van der Waals surface area contributed by atoms with Gasteiger partial charge in [-0.05, 0) is 40.0 Å². The van der Waals surface area contributed by atoms with Gasteiger partial charge in [0.25, 0.3) is 0 Å². The third-order valence-electron chi connectivity index (χ3n) is 2.48. The molecular weight excluding hydrogens is 230 g/mol. The molecule has 0 bridgehead atoms. The summed E-state index contributed by atoms with van der Waals surface area (Å²) in [5, 5.41) is 3.30. The summed E-state index contributed by atoms with van der Waals surface area (Å²) < 4.78 is 5.63. The van der Waals surface area contributed by atoms with Gasteiger partial charge < -0.3 is 10.1 Å². The molecule has 0 spiro atoms. The van der Waals surface area contributed by atoms with Crippen molar-refractivity contribution in [1.29, 1.82) is 0 Å². The monoisotopic (exact) mass is 253 g/mol. The Morgan fingerprint density at radius 2 is 2.12 bits per heavy atom. The minimum Gasteiger partial charge on any atom is -0.377 e. The van der Waals surface area contributed by atoms with E-state index in [0.29, 0.717) is 12.1 Å². The Bertz CT molecular complexity index is 328. The smallest absolute Gasteiger partial charge is 0.0631 e. The Morgan fingerprint density at radius 1 is 1.35 bits per heavy atom.